The van der Waals surface area contributed by atoms with Crippen LogP contribution in [0.1, 0.15) is 18.5 Å². The van der Waals surface area contributed by atoms with Gasteiger partial charge in [0, 0.05) is 19.6 Å². The van der Waals surface area contributed by atoms with Gasteiger partial charge in [-0.1, -0.05) is 17.7 Å². The normalized spacial score (nSPS) is 15.4. The van der Waals surface area contributed by atoms with E-state index < -0.39 is 0 Å². The molecule has 0 aliphatic carbocycles. The Labute approximate surface area is 113 Å². The molecule has 1 aliphatic rings. The molecule has 5 heteroatoms. The highest BCUT2D eigenvalue weighted by molar-refractivity contribution is 6.29. The summed E-state index contributed by atoms with van der Waals surface area (Å²) in [7, 11) is 1.93. The van der Waals surface area contributed by atoms with Crippen LogP contribution in [-0.2, 0) is 11.3 Å². The first kappa shape index (κ1) is 13.3. The fraction of sp³-hybridized carbons (Fsp3) is 0.538. The number of amides is 1. The Kier molecular flexibility index (Phi) is 4.55. The second-order valence-electron chi connectivity index (χ2n) is 4.71. The first-order valence-corrected chi connectivity index (χ1v) is 6.61. The Morgan fingerprint density at radius 2 is 2.17 bits per heavy atom. The molecule has 0 radical (unpaired) electrons. The smallest absolute Gasteiger partial charge is 0.236 e. The molecule has 0 spiro atoms. The highest BCUT2D eigenvalue weighted by Crippen LogP contribution is 2.09. The van der Waals surface area contributed by atoms with E-state index >= 15 is 0 Å². The van der Waals surface area contributed by atoms with Gasteiger partial charge in [-0.2, -0.15) is 0 Å². The Morgan fingerprint density at radius 1 is 1.44 bits per heavy atom. The molecule has 0 atom stereocenters. The summed E-state index contributed by atoms with van der Waals surface area (Å²) in [5.74, 6) is 0.206. The maximum absolute atomic E-state index is 12.0. The highest BCUT2D eigenvalue weighted by atomic mass is 35.5. The fourth-order valence-corrected chi connectivity index (χ4v) is 2.35. The van der Waals surface area contributed by atoms with E-state index in [0.717, 1.165) is 31.6 Å². The van der Waals surface area contributed by atoms with E-state index in [-0.39, 0.29) is 5.91 Å². The molecule has 1 aromatic rings. The molecular weight excluding hydrogens is 250 g/mol. The van der Waals surface area contributed by atoms with Gasteiger partial charge in [-0.15, -0.1) is 0 Å². The van der Waals surface area contributed by atoms with Crippen LogP contribution in [0.25, 0.3) is 0 Å². The van der Waals surface area contributed by atoms with E-state index in [0.29, 0.717) is 18.2 Å². The first-order chi connectivity index (χ1) is 8.65. The molecule has 2 rings (SSSR count). The summed E-state index contributed by atoms with van der Waals surface area (Å²) >= 11 is 5.83. The third-order valence-corrected chi connectivity index (χ3v) is 3.28. The second-order valence-corrected chi connectivity index (χ2v) is 5.10. The number of aromatic nitrogens is 1. The first-order valence-electron chi connectivity index (χ1n) is 6.23. The van der Waals surface area contributed by atoms with Crippen LogP contribution in [0.5, 0.6) is 0 Å². The molecule has 4 nitrogen and oxygen atoms in total. The summed E-state index contributed by atoms with van der Waals surface area (Å²) < 4.78 is 0. The summed E-state index contributed by atoms with van der Waals surface area (Å²) in [5, 5.41) is 0.492. The van der Waals surface area contributed by atoms with Gasteiger partial charge in [0.15, 0.2) is 0 Å². The van der Waals surface area contributed by atoms with Crippen molar-refractivity contribution in [2.45, 2.75) is 19.4 Å². The Bertz CT molecular complexity index is 418. The zero-order valence-corrected chi connectivity index (χ0v) is 11.4. The van der Waals surface area contributed by atoms with Crippen LogP contribution >= 0.6 is 11.6 Å². The van der Waals surface area contributed by atoms with Gasteiger partial charge >= 0.3 is 0 Å². The number of hydrogen-bond donors (Lipinski definition) is 0. The van der Waals surface area contributed by atoms with Crippen LogP contribution < -0.4 is 0 Å². The Hall–Kier alpha value is -1.13. The molecule has 0 unspecified atom stereocenters. The minimum Gasteiger partial charge on any atom is -0.342 e. The molecule has 1 aliphatic heterocycles. The molecule has 2 heterocycles. The average Bonchev–Trinajstić information content (AvgIpc) is 2.81. The minimum absolute atomic E-state index is 0.206. The largest absolute Gasteiger partial charge is 0.342 e. The van der Waals surface area contributed by atoms with E-state index in [4.69, 9.17) is 11.6 Å². The number of carbonyl (C=O) groups is 1. The number of rotatable bonds is 4. The lowest BCUT2D eigenvalue weighted by Gasteiger charge is -2.20. The van der Waals surface area contributed by atoms with Gasteiger partial charge in [0.1, 0.15) is 5.15 Å². The summed E-state index contributed by atoms with van der Waals surface area (Å²) in [6, 6.07) is 5.55. The van der Waals surface area contributed by atoms with E-state index in [1.165, 1.54) is 0 Å². The topological polar surface area (TPSA) is 36.4 Å². The number of halogens is 1. The van der Waals surface area contributed by atoms with E-state index in [2.05, 4.69) is 4.98 Å². The molecule has 1 aromatic heterocycles. The van der Waals surface area contributed by atoms with Crippen molar-refractivity contribution in [2.24, 2.45) is 0 Å². The molecule has 0 N–H and O–H groups in total. The lowest BCUT2D eigenvalue weighted by atomic mass is 10.3. The molecule has 98 valence electrons. The minimum atomic E-state index is 0.206. The van der Waals surface area contributed by atoms with Gasteiger partial charge in [-0.05, 0) is 32.0 Å². The zero-order valence-electron chi connectivity index (χ0n) is 10.6. The van der Waals surface area contributed by atoms with Crippen LogP contribution in [0.15, 0.2) is 18.2 Å². The van der Waals surface area contributed by atoms with Crippen LogP contribution in [0.2, 0.25) is 5.15 Å². The van der Waals surface area contributed by atoms with Crippen LogP contribution in [-0.4, -0.2) is 47.4 Å². The van der Waals surface area contributed by atoms with Crippen molar-refractivity contribution in [1.29, 1.82) is 0 Å². The van der Waals surface area contributed by atoms with Gasteiger partial charge in [0.05, 0.1) is 12.2 Å². The SMILES string of the molecule is CN(CC(=O)N1CCCC1)Cc1cccc(Cl)n1. The van der Waals surface area contributed by atoms with Crippen molar-refractivity contribution in [1.82, 2.24) is 14.8 Å². The van der Waals surface area contributed by atoms with Crippen LogP contribution in [0, 0.1) is 0 Å². The highest BCUT2D eigenvalue weighted by Gasteiger charge is 2.19. The maximum atomic E-state index is 12.0. The van der Waals surface area contributed by atoms with E-state index in [9.17, 15) is 4.79 Å². The summed E-state index contributed by atoms with van der Waals surface area (Å²) in [6.45, 7) is 2.89. The third-order valence-electron chi connectivity index (χ3n) is 3.07. The molecule has 0 aromatic carbocycles. The lowest BCUT2D eigenvalue weighted by molar-refractivity contribution is -0.131. The second kappa shape index (κ2) is 6.16. The Morgan fingerprint density at radius 3 is 2.83 bits per heavy atom. The standard InChI is InChI=1S/C13H18ClN3O/c1-16(9-11-5-4-6-12(14)15-11)10-13(18)17-7-2-3-8-17/h4-6H,2-3,7-10H2,1H3. The van der Waals surface area contributed by atoms with E-state index in [1.807, 2.05) is 29.0 Å². The molecule has 0 bridgehead atoms. The predicted molar refractivity (Wildman–Crippen MR) is 71.4 cm³/mol. The molecule has 1 saturated heterocycles. The summed E-state index contributed by atoms with van der Waals surface area (Å²) in [5.41, 5.74) is 0.888. The number of likely N-dealkylation sites (N-methyl/N-ethyl adjacent to an activating group) is 1. The number of hydrogen-bond acceptors (Lipinski definition) is 3. The number of likely N-dealkylation sites (tertiary alicyclic amines) is 1. The van der Waals surface area contributed by atoms with Gasteiger partial charge < -0.3 is 4.90 Å². The fourth-order valence-electron chi connectivity index (χ4n) is 2.17. The lowest BCUT2D eigenvalue weighted by Crippen LogP contribution is -2.37. The predicted octanol–water partition coefficient (Wildman–Crippen LogP) is 1.79. The molecule has 1 fully saturated rings. The van der Waals surface area contributed by atoms with Gasteiger partial charge in [0.2, 0.25) is 5.91 Å². The van der Waals surface area contributed by atoms with Gasteiger partial charge in [-0.3, -0.25) is 9.69 Å². The molecule has 0 saturated carbocycles. The summed E-state index contributed by atoms with van der Waals surface area (Å²) in [6.07, 6.45) is 2.26. The Balaban J connectivity index is 1.84. The number of pyridine rings is 1. The van der Waals surface area contributed by atoms with Crippen molar-refractivity contribution < 1.29 is 4.79 Å². The molecule has 18 heavy (non-hydrogen) atoms. The zero-order chi connectivity index (χ0) is 13.0. The van der Waals surface area contributed by atoms with Gasteiger partial charge in [-0.25, -0.2) is 4.98 Å². The average molecular weight is 268 g/mol. The van der Waals surface area contributed by atoms with Crippen molar-refractivity contribution >= 4 is 17.5 Å². The van der Waals surface area contributed by atoms with Crippen molar-refractivity contribution in [2.75, 3.05) is 26.7 Å². The number of nitrogens with zero attached hydrogens (tertiary/aromatic N) is 3. The van der Waals surface area contributed by atoms with Crippen LogP contribution in [0.3, 0.4) is 0 Å². The van der Waals surface area contributed by atoms with Crippen molar-refractivity contribution in [3.63, 3.8) is 0 Å². The van der Waals surface area contributed by atoms with Gasteiger partial charge in [0.25, 0.3) is 0 Å². The maximum Gasteiger partial charge on any atom is 0.236 e. The number of carbonyl (C=O) groups excluding carboxylic acids is 1. The van der Waals surface area contributed by atoms with Crippen LogP contribution in [0.4, 0.5) is 0 Å². The van der Waals surface area contributed by atoms with E-state index in [1.54, 1.807) is 6.07 Å². The molecule has 1 amide bonds. The molecular formula is C13H18ClN3O. The monoisotopic (exact) mass is 267 g/mol. The summed E-state index contributed by atoms with van der Waals surface area (Å²) in [4.78, 5) is 20.1. The van der Waals surface area contributed by atoms with Crippen molar-refractivity contribution in [3.05, 3.63) is 29.0 Å². The quantitative estimate of drug-likeness (QED) is 0.781. The van der Waals surface area contributed by atoms with Crippen molar-refractivity contribution in [3.8, 4) is 0 Å². The third kappa shape index (κ3) is 3.68.